The van der Waals surface area contributed by atoms with Gasteiger partial charge >= 0.3 is 0 Å². The van der Waals surface area contributed by atoms with E-state index in [0.717, 1.165) is 28.2 Å². The molecule has 0 amide bonds. The highest BCUT2D eigenvalue weighted by molar-refractivity contribution is 6.33. The summed E-state index contributed by atoms with van der Waals surface area (Å²) in [5.41, 5.74) is 5.53. The van der Waals surface area contributed by atoms with Crippen molar-refractivity contribution in [3.05, 3.63) is 82.3 Å². The van der Waals surface area contributed by atoms with Crippen LogP contribution >= 0.6 is 11.6 Å². The molecule has 0 aliphatic carbocycles. The standard InChI is InChI=1S/C22H19ClFN3/c1-13-10-11-18(24)16(12-13)21-22(26-20-14(2)6-4-8-17(20)23)27-15(3)7-5-9-19(27)25-21/h4-12,26H,1-3H3. The molecular weight excluding hydrogens is 361 g/mol. The molecular formula is C22H19ClFN3. The van der Waals surface area contributed by atoms with Gasteiger partial charge in [-0.25, -0.2) is 9.37 Å². The lowest BCUT2D eigenvalue weighted by Crippen LogP contribution is -2.02. The minimum absolute atomic E-state index is 0.305. The second-order valence-electron chi connectivity index (χ2n) is 6.71. The number of imidazole rings is 1. The highest BCUT2D eigenvalue weighted by atomic mass is 35.5. The normalized spacial score (nSPS) is 11.1. The topological polar surface area (TPSA) is 29.3 Å². The second-order valence-corrected chi connectivity index (χ2v) is 7.12. The third kappa shape index (κ3) is 3.06. The smallest absolute Gasteiger partial charge is 0.143 e. The van der Waals surface area contributed by atoms with Crippen LogP contribution in [0.25, 0.3) is 16.9 Å². The quantitative estimate of drug-likeness (QED) is 0.442. The van der Waals surface area contributed by atoms with Crippen molar-refractivity contribution in [2.45, 2.75) is 20.8 Å². The number of aromatic nitrogens is 2. The van der Waals surface area contributed by atoms with Gasteiger partial charge in [-0.1, -0.05) is 41.4 Å². The average molecular weight is 380 g/mol. The maximum Gasteiger partial charge on any atom is 0.143 e. The Kier molecular flexibility index (Phi) is 4.36. The van der Waals surface area contributed by atoms with Crippen molar-refractivity contribution in [2.24, 2.45) is 0 Å². The van der Waals surface area contributed by atoms with Gasteiger partial charge in [0.15, 0.2) is 0 Å². The number of para-hydroxylation sites is 1. The summed E-state index contributed by atoms with van der Waals surface area (Å²) >= 11 is 6.43. The van der Waals surface area contributed by atoms with Gasteiger partial charge in [-0.05, 0) is 56.7 Å². The lowest BCUT2D eigenvalue weighted by molar-refractivity contribution is 0.630. The third-order valence-corrected chi connectivity index (χ3v) is 5.00. The van der Waals surface area contributed by atoms with Crippen LogP contribution in [0.2, 0.25) is 5.02 Å². The zero-order valence-corrected chi connectivity index (χ0v) is 16.1. The molecule has 4 aromatic rings. The molecule has 0 atom stereocenters. The number of pyridine rings is 1. The molecule has 5 heteroatoms. The van der Waals surface area contributed by atoms with Crippen molar-refractivity contribution in [3.8, 4) is 11.3 Å². The molecule has 27 heavy (non-hydrogen) atoms. The Morgan fingerprint density at radius 2 is 1.78 bits per heavy atom. The van der Waals surface area contributed by atoms with E-state index in [1.807, 2.05) is 67.6 Å². The molecule has 2 aromatic heterocycles. The number of nitrogens with zero attached hydrogens (tertiary/aromatic N) is 2. The number of rotatable bonds is 3. The Morgan fingerprint density at radius 1 is 1.00 bits per heavy atom. The SMILES string of the molecule is Cc1ccc(F)c(-c2nc3cccc(C)n3c2Nc2c(C)cccc2Cl)c1. The highest BCUT2D eigenvalue weighted by Crippen LogP contribution is 2.36. The number of fused-ring (bicyclic) bond motifs is 1. The van der Waals surface area contributed by atoms with Crippen LogP contribution < -0.4 is 5.32 Å². The highest BCUT2D eigenvalue weighted by Gasteiger charge is 2.20. The molecule has 0 unspecified atom stereocenters. The van der Waals surface area contributed by atoms with E-state index in [9.17, 15) is 4.39 Å². The third-order valence-electron chi connectivity index (χ3n) is 4.68. The summed E-state index contributed by atoms with van der Waals surface area (Å²) in [6, 6.07) is 16.6. The molecule has 0 saturated heterocycles. The van der Waals surface area contributed by atoms with E-state index >= 15 is 0 Å². The number of aryl methyl sites for hydroxylation is 3. The fraction of sp³-hybridized carbons (Fsp3) is 0.136. The van der Waals surface area contributed by atoms with Gasteiger partial charge in [0.25, 0.3) is 0 Å². The summed E-state index contributed by atoms with van der Waals surface area (Å²) in [5.74, 6) is 0.393. The summed E-state index contributed by atoms with van der Waals surface area (Å²) in [5, 5.41) is 4.03. The Morgan fingerprint density at radius 3 is 2.56 bits per heavy atom. The van der Waals surface area contributed by atoms with Crippen LogP contribution in [0, 0.1) is 26.6 Å². The molecule has 3 nitrogen and oxygen atoms in total. The zero-order valence-electron chi connectivity index (χ0n) is 15.3. The maximum absolute atomic E-state index is 14.7. The largest absolute Gasteiger partial charge is 0.338 e. The summed E-state index contributed by atoms with van der Waals surface area (Å²) in [4.78, 5) is 4.72. The maximum atomic E-state index is 14.7. The summed E-state index contributed by atoms with van der Waals surface area (Å²) in [6.45, 7) is 5.92. The van der Waals surface area contributed by atoms with Gasteiger partial charge in [0.1, 0.15) is 23.0 Å². The molecule has 0 radical (unpaired) electrons. The number of hydrogen-bond donors (Lipinski definition) is 1. The first kappa shape index (κ1) is 17.6. The van der Waals surface area contributed by atoms with Crippen LogP contribution in [0.3, 0.4) is 0 Å². The van der Waals surface area contributed by atoms with Crippen molar-refractivity contribution in [1.82, 2.24) is 9.38 Å². The number of benzene rings is 2. The molecule has 0 bridgehead atoms. The van der Waals surface area contributed by atoms with Crippen molar-refractivity contribution in [2.75, 3.05) is 5.32 Å². The van der Waals surface area contributed by atoms with Crippen LogP contribution in [0.15, 0.2) is 54.6 Å². The van der Waals surface area contributed by atoms with E-state index in [0.29, 0.717) is 22.1 Å². The molecule has 1 N–H and O–H groups in total. The molecule has 0 fully saturated rings. The lowest BCUT2D eigenvalue weighted by atomic mass is 10.1. The van der Waals surface area contributed by atoms with E-state index in [-0.39, 0.29) is 5.82 Å². The molecule has 0 saturated carbocycles. The van der Waals surface area contributed by atoms with Crippen molar-refractivity contribution >= 4 is 28.8 Å². The molecule has 2 heterocycles. The van der Waals surface area contributed by atoms with Crippen LogP contribution in [0.4, 0.5) is 15.9 Å². The van der Waals surface area contributed by atoms with Crippen LogP contribution in [0.1, 0.15) is 16.8 Å². The summed E-state index contributed by atoms with van der Waals surface area (Å²) in [7, 11) is 0. The van der Waals surface area contributed by atoms with Crippen LogP contribution in [-0.4, -0.2) is 9.38 Å². The van der Waals surface area contributed by atoms with E-state index in [1.54, 1.807) is 6.07 Å². The predicted molar refractivity (Wildman–Crippen MR) is 110 cm³/mol. The second kappa shape index (κ2) is 6.71. The number of anilines is 2. The first-order valence-electron chi connectivity index (χ1n) is 8.72. The molecule has 136 valence electrons. The van der Waals surface area contributed by atoms with Crippen LogP contribution in [0.5, 0.6) is 0 Å². The molecule has 4 rings (SSSR count). The van der Waals surface area contributed by atoms with Crippen molar-refractivity contribution in [1.29, 1.82) is 0 Å². The molecule has 0 aliphatic heterocycles. The van der Waals surface area contributed by atoms with E-state index in [1.165, 1.54) is 6.07 Å². The minimum atomic E-state index is -0.305. The zero-order chi connectivity index (χ0) is 19.1. The van der Waals surface area contributed by atoms with Crippen molar-refractivity contribution in [3.63, 3.8) is 0 Å². The Labute approximate surface area is 162 Å². The number of halogens is 2. The number of nitrogens with one attached hydrogen (secondary N) is 1. The fourth-order valence-electron chi connectivity index (χ4n) is 3.29. The average Bonchev–Trinajstić information content (AvgIpc) is 3.00. The Bertz CT molecular complexity index is 1140. The Hall–Kier alpha value is -2.85. The lowest BCUT2D eigenvalue weighted by Gasteiger charge is -2.14. The monoisotopic (exact) mass is 379 g/mol. The molecule has 0 aliphatic rings. The van der Waals surface area contributed by atoms with Gasteiger partial charge in [-0.15, -0.1) is 0 Å². The van der Waals surface area contributed by atoms with Gasteiger partial charge in [-0.2, -0.15) is 0 Å². The summed E-state index contributed by atoms with van der Waals surface area (Å²) in [6.07, 6.45) is 0. The fourth-order valence-corrected chi connectivity index (χ4v) is 3.56. The first-order chi connectivity index (χ1) is 13.0. The molecule has 2 aromatic carbocycles. The number of hydrogen-bond acceptors (Lipinski definition) is 2. The first-order valence-corrected chi connectivity index (χ1v) is 9.10. The van der Waals surface area contributed by atoms with Crippen molar-refractivity contribution < 1.29 is 4.39 Å². The van der Waals surface area contributed by atoms with E-state index in [2.05, 4.69) is 5.32 Å². The molecule has 0 spiro atoms. The predicted octanol–water partition coefficient (Wildman–Crippen LogP) is 6.46. The van der Waals surface area contributed by atoms with E-state index < -0.39 is 0 Å². The Balaban J connectivity index is 2.01. The van der Waals surface area contributed by atoms with Gasteiger partial charge in [0.05, 0.1) is 10.7 Å². The summed E-state index contributed by atoms with van der Waals surface area (Å²) < 4.78 is 16.6. The van der Waals surface area contributed by atoms with Gasteiger partial charge in [0.2, 0.25) is 0 Å². The van der Waals surface area contributed by atoms with Crippen LogP contribution in [-0.2, 0) is 0 Å². The van der Waals surface area contributed by atoms with Gasteiger partial charge < -0.3 is 5.32 Å². The van der Waals surface area contributed by atoms with E-state index in [4.69, 9.17) is 16.6 Å². The van der Waals surface area contributed by atoms with Gasteiger partial charge in [0, 0.05) is 11.3 Å². The minimum Gasteiger partial charge on any atom is -0.338 e. The van der Waals surface area contributed by atoms with Gasteiger partial charge in [-0.3, -0.25) is 4.40 Å².